The van der Waals surface area contributed by atoms with E-state index in [1.165, 1.54) is 18.6 Å². The lowest BCUT2D eigenvalue weighted by molar-refractivity contribution is -0.384. The summed E-state index contributed by atoms with van der Waals surface area (Å²) in [4.78, 5) is 10.9. The van der Waals surface area contributed by atoms with Crippen LogP contribution in [0.3, 0.4) is 0 Å². The molecule has 0 atom stereocenters. The van der Waals surface area contributed by atoms with Crippen LogP contribution in [0.5, 0.6) is 0 Å². The maximum atomic E-state index is 11.3. The average Bonchev–Trinajstić information content (AvgIpc) is 3.12. The zero-order valence-electron chi connectivity index (χ0n) is 12.9. The lowest BCUT2D eigenvalue weighted by atomic mass is 10.0. The molecule has 0 aliphatic carbocycles. The highest BCUT2D eigenvalue weighted by molar-refractivity contribution is 5.89. The summed E-state index contributed by atoms with van der Waals surface area (Å²) in [5, 5.41) is 26.2. The number of nitro benzene ring substituents is 1. The Hall–Kier alpha value is -2.67. The standard InChI is InChI=1S/C16H17N3O4/c1-16(2,20)4-5-18-14-8-13(11-3-6-23-10-11)15(19(21)22)7-12(14)9-17-18/h3,6-10,20H,4-5H2,1-2H3. The molecule has 2 aromatic heterocycles. The van der Waals surface area contributed by atoms with Gasteiger partial charge >= 0.3 is 0 Å². The van der Waals surface area contributed by atoms with Crippen LogP contribution in [-0.2, 0) is 6.54 Å². The van der Waals surface area contributed by atoms with Gasteiger partial charge in [0.05, 0.1) is 40.3 Å². The Morgan fingerprint density at radius 2 is 2.22 bits per heavy atom. The van der Waals surface area contributed by atoms with E-state index in [0.29, 0.717) is 29.5 Å². The second-order valence-corrected chi connectivity index (χ2v) is 6.13. The summed E-state index contributed by atoms with van der Waals surface area (Å²) in [5.74, 6) is 0. The minimum Gasteiger partial charge on any atom is -0.472 e. The molecule has 0 unspecified atom stereocenters. The summed E-state index contributed by atoms with van der Waals surface area (Å²) in [6, 6.07) is 4.95. The van der Waals surface area contributed by atoms with Gasteiger partial charge in [-0.25, -0.2) is 0 Å². The van der Waals surface area contributed by atoms with E-state index in [2.05, 4.69) is 5.10 Å². The van der Waals surface area contributed by atoms with Gasteiger partial charge in [-0.05, 0) is 32.4 Å². The molecule has 7 heteroatoms. The number of aliphatic hydroxyl groups is 1. The Morgan fingerprint density at radius 1 is 1.43 bits per heavy atom. The van der Waals surface area contributed by atoms with E-state index in [0.717, 1.165) is 5.52 Å². The molecule has 0 fully saturated rings. The van der Waals surface area contributed by atoms with Crippen LogP contribution >= 0.6 is 0 Å². The number of aromatic nitrogens is 2. The Labute approximate surface area is 132 Å². The summed E-state index contributed by atoms with van der Waals surface area (Å²) in [6.07, 6.45) is 5.09. The highest BCUT2D eigenvalue weighted by atomic mass is 16.6. The fraction of sp³-hybridized carbons (Fsp3) is 0.312. The van der Waals surface area contributed by atoms with E-state index in [1.807, 2.05) is 0 Å². The molecular weight excluding hydrogens is 298 g/mol. The third-order valence-electron chi connectivity index (χ3n) is 3.72. The lowest BCUT2D eigenvalue weighted by Crippen LogP contribution is -2.21. The number of nitro groups is 1. The molecule has 0 aliphatic heterocycles. The molecule has 3 rings (SSSR count). The zero-order chi connectivity index (χ0) is 16.6. The van der Waals surface area contributed by atoms with Gasteiger partial charge in [0.25, 0.3) is 5.69 Å². The summed E-state index contributed by atoms with van der Waals surface area (Å²) < 4.78 is 6.79. The van der Waals surface area contributed by atoms with Gasteiger partial charge in [0.15, 0.2) is 0 Å². The number of fused-ring (bicyclic) bond motifs is 1. The van der Waals surface area contributed by atoms with Crippen molar-refractivity contribution in [2.75, 3.05) is 0 Å². The number of nitrogens with zero attached hydrogens (tertiary/aromatic N) is 3. The molecule has 0 amide bonds. The van der Waals surface area contributed by atoms with Crippen LogP contribution in [0.1, 0.15) is 20.3 Å². The molecule has 2 heterocycles. The minimum atomic E-state index is -0.799. The first-order valence-corrected chi connectivity index (χ1v) is 7.24. The van der Waals surface area contributed by atoms with Crippen LogP contribution in [0.15, 0.2) is 41.3 Å². The van der Waals surface area contributed by atoms with Crippen LogP contribution in [-0.4, -0.2) is 25.4 Å². The molecule has 120 valence electrons. The topological polar surface area (TPSA) is 94.3 Å². The third-order valence-corrected chi connectivity index (χ3v) is 3.72. The second-order valence-electron chi connectivity index (χ2n) is 6.13. The highest BCUT2D eigenvalue weighted by Gasteiger charge is 2.20. The monoisotopic (exact) mass is 315 g/mol. The Balaban J connectivity index is 2.10. The summed E-state index contributed by atoms with van der Waals surface area (Å²) >= 11 is 0. The van der Waals surface area contributed by atoms with Crippen molar-refractivity contribution in [2.24, 2.45) is 0 Å². The van der Waals surface area contributed by atoms with E-state index >= 15 is 0 Å². The van der Waals surface area contributed by atoms with Crippen LogP contribution in [0.4, 0.5) is 5.69 Å². The fourth-order valence-corrected chi connectivity index (χ4v) is 2.47. The number of aryl methyl sites for hydroxylation is 1. The summed E-state index contributed by atoms with van der Waals surface area (Å²) in [5.41, 5.74) is 1.14. The smallest absolute Gasteiger partial charge is 0.278 e. The molecule has 0 bridgehead atoms. The first-order valence-electron chi connectivity index (χ1n) is 7.24. The first-order chi connectivity index (χ1) is 10.8. The zero-order valence-corrected chi connectivity index (χ0v) is 12.9. The van der Waals surface area contributed by atoms with Crippen molar-refractivity contribution < 1.29 is 14.4 Å². The number of benzene rings is 1. The SMILES string of the molecule is CC(C)(O)CCn1ncc2cc([N+](=O)[O-])c(-c3ccoc3)cc21. The molecule has 0 aliphatic rings. The Morgan fingerprint density at radius 3 is 2.83 bits per heavy atom. The van der Waals surface area contributed by atoms with Crippen LogP contribution in [0.25, 0.3) is 22.0 Å². The van der Waals surface area contributed by atoms with Gasteiger partial charge < -0.3 is 9.52 Å². The van der Waals surface area contributed by atoms with Crippen molar-refractivity contribution in [1.29, 1.82) is 0 Å². The predicted molar refractivity (Wildman–Crippen MR) is 85.0 cm³/mol. The Kier molecular flexibility index (Phi) is 3.65. The van der Waals surface area contributed by atoms with Crippen molar-refractivity contribution in [1.82, 2.24) is 9.78 Å². The molecule has 7 nitrogen and oxygen atoms in total. The van der Waals surface area contributed by atoms with Gasteiger partial charge in [-0.3, -0.25) is 14.8 Å². The highest BCUT2D eigenvalue weighted by Crippen LogP contribution is 2.34. The number of hydrogen-bond acceptors (Lipinski definition) is 5. The molecule has 1 N–H and O–H groups in total. The van der Waals surface area contributed by atoms with Gasteiger partial charge in [0.1, 0.15) is 0 Å². The first kappa shape index (κ1) is 15.2. The quantitative estimate of drug-likeness (QED) is 0.575. The summed E-state index contributed by atoms with van der Waals surface area (Å²) in [6.45, 7) is 4.00. The van der Waals surface area contributed by atoms with Crippen molar-refractivity contribution in [3.8, 4) is 11.1 Å². The fourth-order valence-electron chi connectivity index (χ4n) is 2.47. The second kappa shape index (κ2) is 5.51. The van der Waals surface area contributed by atoms with Gasteiger partial charge in [0.2, 0.25) is 0 Å². The van der Waals surface area contributed by atoms with Crippen molar-refractivity contribution in [3.05, 3.63) is 47.0 Å². The van der Waals surface area contributed by atoms with E-state index < -0.39 is 10.5 Å². The molecule has 3 aromatic rings. The van der Waals surface area contributed by atoms with Gasteiger partial charge in [0, 0.05) is 23.6 Å². The maximum absolute atomic E-state index is 11.3. The average molecular weight is 315 g/mol. The maximum Gasteiger partial charge on any atom is 0.278 e. The third kappa shape index (κ3) is 3.09. The van der Waals surface area contributed by atoms with Crippen molar-refractivity contribution in [2.45, 2.75) is 32.4 Å². The van der Waals surface area contributed by atoms with Gasteiger partial charge in [-0.15, -0.1) is 0 Å². The normalized spacial score (nSPS) is 12.0. The van der Waals surface area contributed by atoms with E-state index in [9.17, 15) is 15.2 Å². The number of hydrogen-bond donors (Lipinski definition) is 1. The van der Waals surface area contributed by atoms with Gasteiger partial charge in [-0.2, -0.15) is 5.10 Å². The minimum absolute atomic E-state index is 0.0148. The van der Waals surface area contributed by atoms with Crippen LogP contribution in [0, 0.1) is 10.1 Å². The van der Waals surface area contributed by atoms with Crippen molar-refractivity contribution >= 4 is 16.6 Å². The van der Waals surface area contributed by atoms with E-state index in [-0.39, 0.29) is 5.69 Å². The molecule has 0 saturated heterocycles. The van der Waals surface area contributed by atoms with Crippen molar-refractivity contribution in [3.63, 3.8) is 0 Å². The molecule has 0 radical (unpaired) electrons. The van der Waals surface area contributed by atoms with Crippen LogP contribution in [0.2, 0.25) is 0 Å². The molecule has 23 heavy (non-hydrogen) atoms. The summed E-state index contributed by atoms with van der Waals surface area (Å²) in [7, 11) is 0. The predicted octanol–water partition coefficient (Wildman–Crippen LogP) is 3.37. The molecular formula is C16H17N3O4. The van der Waals surface area contributed by atoms with Gasteiger partial charge in [-0.1, -0.05) is 0 Å². The number of furan rings is 1. The van der Waals surface area contributed by atoms with E-state index in [4.69, 9.17) is 4.42 Å². The Bertz CT molecular complexity index is 844. The number of rotatable bonds is 5. The lowest BCUT2D eigenvalue weighted by Gasteiger charge is -2.16. The molecule has 0 saturated carbocycles. The van der Waals surface area contributed by atoms with E-state index in [1.54, 1.807) is 36.9 Å². The molecule has 1 aromatic carbocycles. The van der Waals surface area contributed by atoms with Crippen LogP contribution < -0.4 is 0 Å². The molecule has 0 spiro atoms. The largest absolute Gasteiger partial charge is 0.472 e.